The van der Waals surface area contributed by atoms with Gasteiger partial charge in [-0.25, -0.2) is 14.4 Å². The molecule has 100 valence electrons. The van der Waals surface area contributed by atoms with Crippen molar-refractivity contribution in [3.05, 3.63) is 54.3 Å². The maximum absolute atomic E-state index is 13.9. The molecule has 2 aromatic carbocycles. The van der Waals surface area contributed by atoms with Gasteiger partial charge in [0.25, 0.3) is 0 Å². The number of rotatable bonds is 2. The summed E-state index contributed by atoms with van der Waals surface area (Å²) in [7, 11) is 3.83. The Labute approximate surface area is 116 Å². The van der Waals surface area contributed by atoms with E-state index in [9.17, 15) is 4.39 Å². The molecule has 0 radical (unpaired) electrons. The Kier molecular flexibility index (Phi) is 3.06. The van der Waals surface area contributed by atoms with E-state index in [1.54, 1.807) is 18.2 Å². The van der Waals surface area contributed by atoms with Crippen molar-refractivity contribution >= 4 is 16.7 Å². The lowest BCUT2D eigenvalue weighted by atomic mass is 10.1. The quantitative estimate of drug-likeness (QED) is 0.711. The predicted molar refractivity (Wildman–Crippen MR) is 79.3 cm³/mol. The Morgan fingerprint density at radius 1 is 0.900 bits per heavy atom. The predicted octanol–water partition coefficient (Wildman–Crippen LogP) is 3.50. The van der Waals surface area contributed by atoms with Crippen molar-refractivity contribution in [3.8, 4) is 11.4 Å². The van der Waals surface area contributed by atoms with E-state index in [2.05, 4.69) is 9.97 Å². The van der Waals surface area contributed by atoms with E-state index in [0.29, 0.717) is 11.4 Å². The van der Waals surface area contributed by atoms with Crippen LogP contribution >= 0.6 is 0 Å². The number of anilines is 1. The van der Waals surface area contributed by atoms with Crippen molar-refractivity contribution in [2.24, 2.45) is 0 Å². The fourth-order valence-electron chi connectivity index (χ4n) is 2.16. The molecule has 0 amide bonds. The Bertz CT molecular complexity index is 769. The molecule has 0 bridgehead atoms. The molecular weight excluding hydrogens is 253 g/mol. The number of para-hydroxylation sites is 1. The lowest BCUT2D eigenvalue weighted by molar-refractivity contribution is 0.630. The SMILES string of the molecule is CN(C)c1nc(-c2ccccc2F)nc2ccccc12. The molecule has 0 atom stereocenters. The van der Waals surface area contributed by atoms with E-state index in [0.717, 1.165) is 16.7 Å². The number of fused-ring (bicyclic) bond motifs is 1. The summed E-state index contributed by atoms with van der Waals surface area (Å²) in [5, 5.41) is 0.956. The van der Waals surface area contributed by atoms with Crippen LogP contribution in [0.5, 0.6) is 0 Å². The van der Waals surface area contributed by atoms with Crippen LogP contribution in [-0.2, 0) is 0 Å². The number of hydrogen-bond acceptors (Lipinski definition) is 3. The molecular formula is C16H14FN3. The van der Waals surface area contributed by atoms with Gasteiger partial charge in [0.15, 0.2) is 5.82 Å². The third kappa shape index (κ3) is 2.09. The smallest absolute Gasteiger partial charge is 0.165 e. The second-order valence-corrected chi connectivity index (χ2v) is 4.76. The van der Waals surface area contributed by atoms with Crippen LogP contribution in [-0.4, -0.2) is 24.1 Å². The van der Waals surface area contributed by atoms with Gasteiger partial charge in [0.1, 0.15) is 11.6 Å². The maximum Gasteiger partial charge on any atom is 0.165 e. The van der Waals surface area contributed by atoms with Gasteiger partial charge in [-0.1, -0.05) is 24.3 Å². The summed E-state index contributed by atoms with van der Waals surface area (Å²) in [6.07, 6.45) is 0. The molecule has 0 fully saturated rings. The van der Waals surface area contributed by atoms with Crippen molar-refractivity contribution in [1.29, 1.82) is 0 Å². The normalized spacial score (nSPS) is 10.8. The molecule has 0 unspecified atom stereocenters. The van der Waals surface area contributed by atoms with Crippen LogP contribution in [0.15, 0.2) is 48.5 Å². The average Bonchev–Trinajstić information content (AvgIpc) is 2.46. The summed E-state index contributed by atoms with van der Waals surface area (Å²) in [6.45, 7) is 0. The van der Waals surface area contributed by atoms with E-state index in [-0.39, 0.29) is 5.82 Å². The Hall–Kier alpha value is -2.49. The highest BCUT2D eigenvalue weighted by Gasteiger charge is 2.12. The van der Waals surface area contributed by atoms with Crippen LogP contribution in [0.2, 0.25) is 0 Å². The van der Waals surface area contributed by atoms with E-state index >= 15 is 0 Å². The van der Waals surface area contributed by atoms with E-state index in [1.807, 2.05) is 43.3 Å². The fraction of sp³-hybridized carbons (Fsp3) is 0.125. The van der Waals surface area contributed by atoms with Crippen molar-refractivity contribution in [2.45, 2.75) is 0 Å². The second kappa shape index (κ2) is 4.89. The van der Waals surface area contributed by atoms with Crippen LogP contribution in [0.1, 0.15) is 0 Å². The highest BCUT2D eigenvalue weighted by molar-refractivity contribution is 5.90. The van der Waals surface area contributed by atoms with Crippen molar-refractivity contribution < 1.29 is 4.39 Å². The van der Waals surface area contributed by atoms with Gasteiger partial charge >= 0.3 is 0 Å². The number of nitrogens with zero attached hydrogens (tertiary/aromatic N) is 3. The minimum absolute atomic E-state index is 0.313. The Morgan fingerprint density at radius 2 is 1.60 bits per heavy atom. The molecule has 3 aromatic rings. The van der Waals surface area contributed by atoms with Gasteiger partial charge in [-0.05, 0) is 24.3 Å². The molecule has 20 heavy (non-hydrogen) atoms. The van der Waals surface area contributed by atoms with Gasteiger partial charge < -0.3 is 4.90 Å². The summed E-state index contributed by atoms with van der Waals surface area (Å²) >= 11 is 0. The summed E-state index contributed by atoms with van der Waals surface area (Å²) in [4.78, 5) is 10.9. The molecule has 0 N–H and O–H groups in total. The minimum Gasteiger partial charge on any atom is -0.362 e. The molecule has 0 saturated heterocycles. The standard InChI is InChI=1S/C16H14FN3/c1-20(2)16-12-8-4-6-10-14(12)18-15(19-16)11-7-3-5-9-13(11)17/h3-10H,1-2H3. The molecule has 3 nitrogen and oxygen atoms in total. The van der Waals surface area contributed by atoms with Crippen LogP contribution in [0, 0.1) is 5.82 Å². The number of halogens is 1. The van der Waals surface area contributed by atoms with E-state index in [1.165, 1.54) is 6.07 Å². The van der Waals surface area contributed by atoms with Gasteiger partial charge in [0.2, 0.25) is 0 Å². The number of aromatic nitrogens is 2. The lowest BCUT2D eigenvalue weighted by Gasteiger charge is -2.15. The van der Waals surface area contributed by atoms with Crippen LogP contribution in [0.3, 0.4) is 0 Å². The van der Waals surface area contributed by atoms with Crippen molar-refractivity contribution in [1.82, 2.24) is 9.97 Å². The first-order valence-corrected chi connectivity index (χ1v) is 6.36. The number of hydrogen-bond donors (Lipinski definition) is 0. The Balaban J connectivity index is 2.30. The van der Waals surface area contributed by atoms with Gasteiger partial charge in [-0.15, -0.1) is 0 Å². The fourth-order valence-corrected chi connectivity index (χ4v) is 2.16. The molecule has 4 heteroatoms. The molecule has 0 aliphatic rings. The van der Waals surface area contributed by atoms with Gasteiger partial charge in [-0.2, -0.15) is 0 Å². The summed E-state index contributed by atoms with van der Waals surface area (Å²) in [5.41, 5.74) is 1.23. The third-order valence-corrected chi connectivity index (χ3v) is 3.12. The highest BCUT2D eigenvalue weighted by atomic mass is 19.1. The number of benzene rings is 2. The molecule has 0 spiro atoms. The Morgan fingerprint density at radius 3 is 2.35 bits per heavy atom. The van der Waals surface area contributed by atoms with Crippen molar-refractivity contribution in [3.63, 3.8) is 0 Å². The molecule has 0 aliphatic carbocycles. The minimum atomic E-state index is -0.313. The third-order valence-electron chi connectivity index (χ3n) is 3.12. The molecule has 0 saturated carbocycles. The van der Waals surface area contributed by atoms with E-state index < -0.39 is 0 Å². The maximum atomic E-state index is 13.9. The highest BCUT2D eigenvalue weighted by Crippen LogP contribution is 2.27. The first-order valence-electron chi connectivity index (χ1n) is 6.36. The zero-order valence-electron chi connectivity index (χ0n) is 11.3. The van der Waals surface area contributed by atoms with Crippen LogP contribution in [0.4, 0.5) is 10.2 Å². The molecule has 1 aromatic heterocycles. The zero-order valence-corrected chi connectivity index (χ0v) is 11.3. The molecule has 3 rings (SSSR count). The average molecular weight is 267 g/mol. The summed E-state index contributed by atoms with van der Waals surface area (Å²) in [6, 6.07) is 14.3. The largest absolute Gasteiger partial charge is 0.362 e. The van der Waals surface area contributed by atoms with Crippen molar-refractivity contribution in [2.75, 3.05) is 19.0 Å². The first kappa shape index (κ1) is 12.5. The zero-order chi connectivity index (χ0) is 14.1. The summed E-state index contributed by atoms with van der Waals surface area (Å²) in [5.74, 6) is 0.881. The molecule has 1 heterocycles. The van der Waals surface area contributed by atoms with Crippen LogP contribution in [0.25, 0.3) is 22.3 Å². The van der Waals surface area contributed by atoms with Gasteiger partial charge in [-0.3, -0.25) is 0 Å². The molecule has 0 aliphatic heterocycles. The van der Waals surface area contributed by atoms with Gasteiger partial charge in [0.05, 0.1) is 11.1 Å². The topological polar surface area (TPSA) is 29.0 Å². The monoisotopic (exact) mass is 267 g/mol. The summed E-state index contributed by atoms with van der Waals surface area (Å²) < 4.78 is 13.9. The first-order chi connectivity index (χ1) is 9.66. The van der Waals surface area contributed by atoms with Gasteiger partial charge in [0, 0.05) is 19.5 Å². The second-order valence-electron chi connectivity index (χ2n) is 4.76. The van der Waals surface area contributed by atoms with Crippen LogP contribution < -0.4 is 4.90 Å². The lowest BCUT2D eigenvalue weighted by Crippen LogP contribution is -2.12. The van der Waals surface area contributed by atoms with E-state index in [4.69, 9.17) is 0 Å².